The van der Waals surface area contributed by atoms with Crippen LogP contribution in [0.15, 0.2) is 12.1 Å². The minimum Gasteiger partial charge on any atom is -0.356 e. The van der Waals surface area contributed by atoms with E-state index in [1.807, 2.05) is 11.9 Å². The Hall–Kier alpha value is -2.16. The molecular formula is C14H18N4O2. The van der Waals surface area contributed by atoms with E-state index in [4.69, 9.17) is 5.26 Å². The highest BCUT2D eigenvalue weighted by Gasteiger charge is 2.27. The monoisotopic (exact) mass is 274 g/mol. The molecule has 1 aliphatic rings. The molecule has 1 fully saturated rings. The normalized spacial score (nSPS) is 22.1. The van der Waals surface area contributed by atoms with E-state index in [2.05, 4.69) is 11.9 Å². The van der Waals surface area contributed by atoms with Crippen LogP contribution in [0.4, 0.5) is 11.5 Å². The molecule has 1 heterocycles. The predicted molar refractivity (Wildman–Crippen MR) is 75.4 cm³/mol. The molecular weight excluding hydrogens is 256 g/mol. The van der Waals surface area contributed by atoms with E-state index in [-0.39, 0.29) is 11.4 Å². The summed E-state index contributed by atoms with van der Waals surface area (Å²) in [6.45, 7) is 2.22. The van der Waals surface area contributed by atoms with Gasteiger partial charge >= 0.3 is 5.69 Å². The molecule has 106 valence electrons. The van der Waals surface area contributed by atoms with Crippen molar-refractivity contribution in [2.24, 2.45) is 5.92 Å². The minimum absolute atomic E-state index is 0.122. The molecule has 1 aromatic rings. The van der Waals surface area contributed by atoms with E-state index >= 15 is 0 Å². The van der Waals surface area contributed by atoms with Crippen molar-refractivity contribution in [2.45, 2.75) is 38.6 Å². The maximum absolute atomic E-state index is 10.8. The molecule has 1 saturated carbocycles. The molecule has 2 rings (SSSR count). The molecule has 1 aromatic heterocycles. The van der Waals surface area contributed by atoms with Gasteiger partial charge < -0.3 is 4.90 Å². The number of hydrogen-bond acceptors (Lipinski definition) is 5. The minimum atomic E-state index is -0.571. The average Bonchev–Trinajstić information content (AvgIpc) is 2.46. The summed E-state index contributed by atoms with van der Waals surface area (Å²) >= 11 is 0. The van der Waals surface area contributed by atoms with Crippen molar-refractivity contribution in [3.63, 3.8) is 0 Å². The van der Waals surface area contributed by atoms with Crippen LogP contribution in [-0.4, -0.2) is 23.0 Å². The van der Waals surface area contributed by atoms with Crippen LogP contribution in [0.2, 0.25) is 0 Å². The van der Waals surface area contributed by atoms with Crippen molar-refractivity contribution in [1.29, 1.82) is 5.26 Å². The zero-order chi connectivity index (χ0) is 14.7. The summed E-state index contributed by atoms with van der Waals surface area (Å²) in [7, 11) is 1.95. The summed E-state index contributed by atoms with van der Waals surface area (Å²) in [6, 6.07) is 5.18. The second-order valence-electron chi connectivity index (χ2n) is 5.35. The number of anilines is 1. The second kappa shape index (κ2) is 5.87. The molecule has 6 heteroatoms. The van der Waals surface area contributed by atoms with Gasteiger partial charge in [-0.05, 0) is 24.8 Å². The van der Waals surface area contributed by atoms with Crippen LogP contribution in [0.3, 0.4) is 0 Å². The standard InChI is InChI=1S/C14H18N4O2/c1-10-5-3-4-6-12(10)17(2)14-8-7-13(18(19)20)11(9-15)16-14/h7-8,10,12H,3-6H2,1-2H3. The molecule has 0 aliphatic heterocycles. The summed E-state index contributed by atoms with van der Waals surface area (Å²) in [4.78, 5) is 16.4. The number of nitro groups is 1. The zero-order valence-electron chi connectivity index (χ0n) is 11.7. The van der Waals surface area contributed by atoms with Crippen LogP contribution in [0.5, 0.6) is 0 Å². The smallest absolute Gasteiger partial charge is 0.305 e. The fourth-order valence-corrected chi connectivity index (χ4v) is 2.91. The molecule has 20 heavy (non-hydrogen) atoms. The van der Waals surface area contributed by atoms with Crippen LogP contribution in [0.25, 0.3) is 0 Å². The van der Waals surface area contributed by atoms with E-state index < -0.39 is 4.92 Å². The van der Waals surface area contributed by atoms with Crippen molar-refractivity contribution < 1.29 is 4.92 Å². The Morgan fingerprint density at radius 2 is 2.15 bits per heavy atom. The van der Waals surface area contributed by atoms with Gasteiger partial charge in [-0.2, -0.15) is 5.26 Å². The lowest BCUT2D eigenvalue weighted by atomic mass is 9.85. The van der Waals surface area contributed by atoms with Gasteiger partial charge in [0.05, 0.1) is 4.92 Å². The quantitative estimate of drug-likeness (QED) is 0.625. The number of aromatic nitrogens is 1. The fourth-order valence-electron chi connectivity index (χ4n) is 2.91. The van der Waals surface area contributed by atoms with E-state index in [1.54, 1.807) is 12.1 Å². The molecule has 2 atom stereocenters. The zero-order valence-corrected chi connectivity index (χ0v) is 11.7. The van der Waals surface area contributed by atoms with Crippen LogP contribution in [-0.2, 0) is 0 Å². The van der Waals surface area contributed by atoms with Crippen LogP contribution in [0.1, 0.15) is 38.3 Å². The lowest BCUT2D eigenvalue weighted by Crippen LogP contribution is -2.39. The number of nitrogens with zero attached hydrogens (tertiary/aromatic N) is 4. The van der Waals surface area contributed by atoms with E-state index in [9.17, 15) is 10.1 Å². The summed E-state index contributed by atoms with van der Waals surface area (Å²) in [5, 5.41) is 19.8. The second-order valence-corrected chi connectivity index (χ2v) is 5.35. The summed E-state index contributed by atoms with van der Waals surface area (Å²) in [5.41, 5.74) is -0.357. The van der Waals surface area contributed by atoms with E-state index in [0.29, 0.717) is 17.8 Å². The highest BCUT2D eigenvalue weighted by atomic mass is 16.6. The highest BCUT2D eigenvalue weighted by molar-refractivity contribution is 5.51. The first-order valence-corrected chi connectivity index (χ1v) is 6.83. The summed E-state index contributed by atoms with van der Waals surface area (Å²) in [6.07, 6.45) is 4.73. The Morgan fingerprint density at radius 1 is 1.45 bits per heavy atom. The first kappa shape index (κ1) is 14.3. The number of hydrogen-bond donors (Lipinski definition) is 0. The Balaban J connectivity index is 2.28. The van der Waals surface area contributed by atoms with Gasteiger partial charge in [-0.1, -0.05) is 19.8 Å². The number of rotatable bonds is 3. The number of nitriles is 1. The molecule has 6 nitrogen and oxygen atoms in total. The van der Waals surface area contributed by atoms with Crippen LogP contribution in [0, 0.1) is 27.4 Å². The van der Waals surface area contributed by atoms with Crippen molar-refractivity contribution >= 4 is 11.5 Å². The number of pyridine rings is 1. The third-order valence-corrected chi connectivity index (χ3v) is 4.09. The third kappa shape index (κ3) is 2.72. The van der Waals surface area contributed by atoms with Gasteiger partial charge in [-0.3, -0.25) is 10.1 Å². The molecule has 0 saturated heterocycles. The first-order valence-electron chi connectivity index (χ1n) is 6.83. The van der Waals surface area contributed by atoms with Gasteiger partial charge in [0.2, 0.25) is 5.69 Å². The topological polar surface area (TPSA) is 83.1 Å². The average molecular weight is 274 g/mol. The third-order valence-electron chi connectivity index (χ3n) is 4.09. The molecule has 1 aliphatic carbocycles. The Morgan fingerprint density at radius 3 is 2.75 bits per heavy atom. The SMILES string of the molecule is CC1CCCCC1N(C)c1ccc([N+](=O)[O-])c(C#N)n1. The maximum atomic E-state index is 10.8. The molecule has 0 spiro atoms. The molecule has 2 unspecified atom stereocenters. The molecule has 0 amide bonds. The molecule has 0 bridgehead atoms. The van der Waals surface area contributed by atoms with E-state index in [1.165, 1.54) is 25.3 Å². The Bertz CT molecular complexity index is 553. The largest absolute Gasteiger partial charge is 0.356 e. The lowest BCUT2D eigenvalue weighted by molar-refractivity contribution is -0.385. The molecule has 0 N–H and O–H groups in total. The summed E-state index contributed by atoms with van der Waals surface area (Å²) < 4.78 is 0. The van der Waals surface area contributed by atoms with Gasteiger partial charge in [0.15, 0.2) is 0 Å². The van der Waals surface area contributed by atoms with Gasteiger partial charge in [0.25, 0.3) is 0 Å². The van der Waals surface area contributed by atoms with Crippen molar-refractivity contribution in [3.05, 3.63) is 27.9 Å². The van der Waals surface area contributed by atoms with Crippen molar-refractivity contribution in [2.75, 3.05) is 11.9 Å². The van der Waals surface area contributed by atoms with Crippen LogP contribution >= 0.6 is 0 Å². The Kier molecular flexibility index (Phi) is 4.18. The van der Waals surface area contributed by atoms with Gasteiger partial charge in [0.1, 0.15) is 11.9 Å². The predicted octanol–water partition coefficient (Wildman–Crippen LogP) is 2.88. The van der Waals surface area contributed by atoms with Crippen molar-refractivity contribution in [1.82, 2.24) is 4.98 Å². The lowest BCUT2D eigenvalue weighted by Gasteiger charge is -2.37. The first-order chi connectivity index (χ1) is 9.54. The van der Waals surface area contributed by atoms with Crippen LogP contribution < -0.4 is 4.90 Å². The highest BCUT2D eigenvalue weighted by Crippen LogP contribution is 2.30. The molecule has 0 aromatic carbocycles. The van der Waals surface area contributed by atoms with Crippen molar-refractivity contribution in [3.8, 4) is 6.07 Å². The molecule has 0 radical (unpaired) electrons. The van der Waals surface area contributed by atoms with Gasteiger partial charge in [-0.15, -0.1) is 0 Å². The van der Waals surface area contributed by atoms with E-state index in [0.717, 1.165) is 6.42 Å². The Labute approximate surface area is 118 Å². The maximum Gasteiger partial charge on any atom is 0.305 e. The fraction of sp³-hybridized carbons (Fsp3) is 0.571. The van der Waals surface area contributed by atoms with Gasteiger partial charge in [-0.25, -0.2) is 4.98 Å². The summed E-state index contributed by atoms with van der Waals surface area (Å²) in [5.74, 6) is 1.20. The van der Waals surface area contributed by atoms with Gasteiger partial charge in [0, 0.05) is 19.2 Å².